The predicted octanol–water partition coefficient (Wildman–Crippen LogP) is -6.06. The average Bonchev–Trinajstić information content (AvgIpc) is 3.80. The van der Waals surface area contributed by atoms with Crippen LogP contribution in [0.1, 0.15) is 32.1 Å². The van der Waals surface area contributed by atoms with Gasteiger partial charge >= 0.3 is 0 Å². The van der Waals surface area contributed by atoms with Crippen LogP contribution in [0.5, 0.6) is 0 Å². The van der Waals surface area contributed by atoms with Crippen LogP contribution in [-0.4, -0.2) is 149 Å². The summed E-state index contributed by atoms with van der Waals surface area (Å²) in [6.45, 7) is -0.721. The van der Waals surface area contributed by atoms with Gasteiger partial charge in [-0.25, -0.2) is 0 Å². The molecular formula is C26H50N6O11. The number of hydrogen-bond donors (Lipinski definition) is 11. The summed E-state index contributed by atoms with van der Waals surface area (Å²) in [5, 5.41) is 52.8. The Hall–Kier alpha value is -0.680. The zero-order valence-corrected chi connectivity index (χ0v) is 24.1. The second-order valence-corrected chi connectivity index (χ2v) is 12.6. The van der Waals surface area contributed by atoms with Crippen LogP contribution in [0.3, 0.4) is 0 Å². The third-order valence-corrected chi connectivity index (χ3v) is 9.43. The summed E-state index contributed by atoms with van der Waals surface area (Å²) in [5.74, 6) is 0.409. The Kier molecular flexibility index (Phi) is 10.9. The fourth-order valence-corrected chi connectivity index (χ4v) is 6.51. The first-order valence-electron chi connectivity index (χ1n) is 15.2. The van der Waals surface area contributed by atoms with Crippen molar-refractivity contribution >= 4 is 0 Å². The van der Waals surface area contributed by atoms with Crippen molar-refractivity contribution in [2.45, 2.75) is 142 Å². The quantitative estimate of drug-likeness (QED) is 0.108. The Morgan fingerprint density at radius 3 is 1.95 bits per heavy atom. The van der Waals surface area contributed by atoms with Crippen molar-refractivity contribution < 1.29 is 54.0 Å². The van der Waals surface area contributed by atoms with Crippen LogP contribution in [0.2, 0.25) is 0 Å². The van der Waals surface area contributed by atoms with E-state index in [4.69, 9.17) is 62.8 Å². The largest absolute Gasteiger partial charge is 0.394 e. The van der Waals surface area contributed by atoms with Crippen LogP contribution in [0.4, 0.5) is 0 Å². The van der Waals surface area contributed by atoms with E-state index in [2.05, 4.69) is 0 Å². The lowest BCUT2D eigenvalue weighted by Crippen LogP contribution is -2.65. The molecule has 250 valence electrons. The Morgan fingerprint density at radius 1 is 0.651 bits per heavy atom. The minimum absolute atomic E-state index is 0.132. The van der Waals surface area contributed by atoms with Crippen molar-refractivity contribution in [3.8, 4) is 0 Å². The van der Waals surface area contributed by atoms with Crippen LogP contribution >= 0.6 is 0 Å². The molecule has 3 saturated heterocycles. The van der Waals surface area contributed by atoms with Gasteiger partial charge in [-0.2, -0.15) is 0 Å². The molecule has 2 aliphatic carbocycles. The van der Waals surface area contributed by atoms with Gasteiger partial charge in [0, 0.05) is 24.7 Å². The molecule has 5 rings (SSSR count). The topological polar surface area (TPSA) is 313 Å². The Bertz CT molecular complexity index is 910. The van der Waals surface area contributed by atoms with E-state index < -0.39 is 105 Å². The number of aliphatic hydroxyl groups is 5. The van der Waals surface area contributed by atoms with Gasteiger partial charge < -0.3 is 88.4 Å². The van der Waals surface area contributed by atoms with Crippen molar-refractivity contribution in [1.29, 1.82) is 0 Å². The molecular weight excluding hydrogens is 572 g/mol. The molecule has 0 bridgehead atoms. The lowest BCUT2D eigenvalue weighted by atomic mass is 9.84. The van der Waals surface area contributed by atoms with E-state index >= 15 is 0 Å². The first-order chi connectivity index (χ1) is 20.4. The van der Waals surface area contributed by atoms with E-state index in [1.54, 1.807) is 0 Å². The highest BCUT2D eigenvalue weighted by Gasteiger charge is 2.53. The van der Waals surface area contributed by atoms with E-state index in [9.17, 15) is 25.5 Å². The van der Waals surface area contributed by atoms with Gasteiger partial charge in [-0.05, 0) is 38.0 Å². The lowest BCUT2D eigenvalue weighted by Gasteiger charge is -2.46. The first-order valence-corrected chi connectivity index (χ1v) is 15.2. The molecule has 2 saturated carbocycles. The molecule has 43 heavy (non-hydrogen) atoms. The van der Waals surface area contributed by atoms with E-state index in [1.165, 1.54) is 0 Å². The molecule has 0 aromatic rings. The first kappa shape index (κ1) is 33.7. The molecule has 0 amide bonds. The summed E-state index contributed by atoms with van der Waals surface area (Å²) in [4.78, 5) is 0. The van der Waals surface area contributed by atoms with Gasteiger partial charge in [0.15, 0.2) is 18.9 Å². The fraction of sp³-hybridized carbons (Fsp3) is 1.00. The summed E-state index contributed by atoms with van der Waals surface area (Å²) in [6.07, 6.45) is -11.2. The molecule has 18 atom stereocenters. The van der Waals surface area contributed by atoms with Gasteiger partial charge in [-0.1, -0.05) is 0 Å². The monoisotopic (exact) mass is 622 g/mol. The Morgan fingerprint density at radius 2 is 1.30 bits per heavy atom. The molecule has 3 heterocycles. The number of rotatable bonds is 10. The summed E-state index contributed by atoms with van der Waals surface area (Å²) in [7, 11) is 0. The molecule has 0 aromatic carbocycles. The summed E-state index contributed by atoms with van der Waals surface area (Å²) in [6, 6.07) is -3.27. The zero-order valence-electron chi connectivity index (χ0n) is 24.1. The number of hydrogen-bond acceptors (Lipinski definition) is 17. The molecule has 17 nitrogen and oxygen atoms in total. The average molecular weight is 623 g/mol. The van der Waals surface area contributed by atoms with Crippen LogP contribution in [-0.2, 0) is 28.4 Å². The minimum atomic E-state index is -1.52. The van der Waals surface area contributed by atoms with Crippen molar-refractivity contribution in [1.82, 2.24) is 0 Å². The Labute approximate surface area is 250 Å². The maximum Gasteiger partial charge on any atom is 0.187 e. The molecule has 0 aromatic heterocycles. The van der Waals surface area contributed by atoms with E-state index in [-0.39, 0.29) is 25.1 Å². The van der Waals surface area contributed by atoms with Crippen LogP contribution in [0.15, 0.2) is 0 Å². The molecule has 17 heteroatoms. The maximum absolute atomic E-state index is 11.2. The van der Waals surface area contributed by atoms with Gasteiger partial charge in [0.1, 0.15) is 48.8 Å². The highest BCUT2D eigenvalue weighted by Crippen LogP contribution is 2.38. The molecule has 5 fully saturated rings. The van der Waals surface area contributed by atoms with Gasteiger partial charge in [-0.15, -0.1) is 0 Å². The van der Waals surface area contributed by atoms with Gasteiger partial charge in [-0.3, -0.25) is 0 Å². The summed E-state index contributed by atoms with van der Waals surface area (Å²) < 4.78 is 35.8. The van der Waals surface area contributed by atoms with Crippen LogP contribution < -0.4 is 34.4 Å². The number of nitrogens with two attached hydrogens (primary N) is 6. The SMILES string of the molecule is NC[C@@H]1O[C@H](O[C@H]2[C@@H](O)[C@H](O[C@@H]3[C@@H](O)[C@H](N)C[C@H](N)[C@H]3O[C@H]3O[C@H]([C@@H](N)C4CC4)CC[C@H]3N)O[C@@H]2CO)[C@H](N)[C@@H](O)[C@@H]1O. The summed E-state index contributed by atoms with van der Waals surface area (Å²) >= 11 is 0. The van der Waals surface area contributed by atoms with Crippen molar-refractivity contribution in [2.75, 3.05) is 13.2 Å². The molecule has 17 N–H and O–H groups in total. The van der Waals surface area contributed by atoms with E-state index in [0.717, 1.165) is 12.8 Å². The predicted molar refractivity (Wildman–Crippen MR) is 147 cm³/mol. The molecule has 5 aliphatic rings. The third kappa shape index (κ3) is 7.03. The Balaban J connectivity index is 1.28. The highest BCUT2D eigenvalue weighted by atomic mass is 16.8. The van der Waals surface area contributed by atoms with Crippen molar-refractivity contribution in [2.24, 2.45) is 40.3 Å². The maximum atomic E-state index is 11.2. The highest BCUT2D eigenvalue weighted by molar-refractivity contribution is 5.01. The van der Waals surface area contributed by atoms with Crippen LogP contribution in [0, 0.1) is 5.92 Å². The normalized spacial score (nSPS) is 51.8. The second-order valence-electron chi connectivity index (χ2n) is 12.6. The number of ether oxygens (including phenoxy) is 6. The lowest BCUT2D eigenvalue weighted by molar-refractivity contribution is -0.290. The molecule has 0 radical (unpaired) electrons. The molecule has 0 spiro atoms. The summed E-state index contributed by atoms with van der Waals surface area (Å²) in [5.41, 5.74) is 37.0. The third-order valence-electron chi connectivity index (χ3n) is 9.43. The van der Waals surface area contributed by atoms with E-state index in [1.807, 2.05) is 0 Å². The van der Waals surface area contributed by atoms with Gasteiger partial charge in [0.2, 0.25) is 0 Å². The standard InChI is InChI=1S/C26H50N6O11/c27-6-13-18(35)19(36)16(32)25(39-13)42-22-14(7-33)40-26(20(22)37)43-23-17(34)10(29)5-11(30)21(23)41-24-9(28)3-4-12(38-24)15(31)8-1-2-8/h8-26,33-37H,1-7,27-32H2/t9-,10-,11+,12+,13+,14-,15+,16-,17+,18-,19-,20-,21-,22-,23-,24-,25-,26+/m1/s1. The minimum Gasteiger partial charge on any atom is -0.394 e. The smallest absolute Gasteiger partial charge is 0.187 e. The fourth-order valence-electron chi connectivity index (χ4n) is 6.51. The zero-order chi connectivity index (χ0) is 31.2. The number of aliphatic hydroxyl groups excluding tert-OH is 5. The molecule has 3 aliphatic heterocycles. The molecule has 0 unspecified atom stereocenters. The van der Waals surface area contributed by atoms with Gasteiger partial charge in [0.05, 0.1) is 30.9 Å². The van der Waals surface area contributed by atoms with E-state index in [0.29, 0.717) is 18.8 Å². The second kappa shape index (κ2) is 14.0. The van der Waals surface area contributed by atoms with Gasteiger partial charge in [0.25, 0.3) is 0 Å². The van der Waals surface area contributed by atoms with Crippen LogP contribution in [0.25, 0.3) is 0 Å². The van der Waals surface area contributed by atoms with Crippen molar-refractivity contribution in [3.63, 3.8) is 0 Å². The van der Waals surface area contributed by atoms with Crippen molar-refractivity contribution in [3.05, 3.63) is 0 Å².